The zero-order valence-electron chi connectivity index (χ0n) is 15.2. The number of nitrogens with zero attached hydrogens (tertiary/aromatic N) is 4. The largest absolute Gasteiger partial charge is 0.364 e. The van der Waals surface area contributed by atoms with Crippen LogP contribution in [0.5, 0.6) is 0 Å². The van der Waals surface area contributed by atoms with Gasteiger partial charge in [0.15, 0.2) is 11.5 Å². The third kappa shape index (κ3) is 3.19. The number of carbonyl (C=O) groups is 2. The van der Waals surface area contributed by atoms with Crippen LogP contribution >= 0.6 is 0 Å². The van der Waals surface area contributed by atoms with Gasteiger partial charge in [0.05, 0.1) is 5.69 Å². The molecule has 1 fully saturated rings. The Morgan fingerprint density at radius 1 is 1.33 bits per heavy atom. The topological polar surface area (TPSA) is 94.1 Å². The van der Waals surface area contributed by atoms with Gasteiger partial charge in [0, 0.05) is 30.9 Å². The summed E-state index contributed by atoms with van der Waals surface area (Å²) >= 11 is 0. The molecule has 1 atom stereocenters. The predicted molar refractivity (Wildman–Crippen MR) is 99.1 cm³/mol. The minimum Gasteiger partial charge on any atom is -0.364 e. The summed E-state index contributed by atoms with van der Waals surface area (Å²) in [6.45, 7) is 0.745. The highest BCUT2D eigenvalue weighted by Crippen LogP contribution is 2.26. The predicted octanol–water partition coefficient (Wildman–Crippen LogP) is 1.07. The van der Waals surface area contributed by atoms with Crippen molar-refractivity contribution in [1.29, 1.82) is 0 Å². The van der Waals surface area contributed by atoms with E-state index in [2.05, 4.69) is 21.9 Å². The molecule has 0 spiro atoms. The second-order valence-electron chi connectivity index (χ2n) is 7.03. The average molecular weight is 363 g/mol. The van der Waals surface area contributed by atoms with E-state index >= 15 is 0 Å². The van der Waals surface area contributed by atoms with Gasteiger partial charge in [0.1, 0.15) is 5.92 Å². The summed E-state index contributed by atoms with van der Waals surface area (Å²) in [7, 11) is 1.80. The number of hydrogen-bond acceptors (Lipinski definition) is 4. The van der Waals surface area contributed by atoms with Gasteiger partial charge < -0.3 is 10.6 Å². The number of hydrogen-bond donors (Lipinski definition) is 1. The highest BCUT2D eigenvalue weighted by Gasteiger charge is 2.27. The van der Waals surface area contributed by atoms with Crippen LogP contribution in [0.15, 0.2) is 18.3 Å². The number of rotatable bonds is 2. The van der Waals surface area contributed by atoms with Crippen molar-refractivity contribution in [3.8, 4) is 17.7 Å². The Morgan fingerprint density at radius 3 is 2.89 bits per heavy atom. The fourth-order valence-electron chi connectivity index (χ4n) is 3.73. The highest BCUT2D eigenvalue weighted by molar-refractivity contribution is 5.92. The van der Waals surface area contributed by atoms with Crippen LogP contribution in [0.4, 0.5) is 0 Å². The minimum absolute atomic E-state index is 0.0732. The Kier molecular flexibility index (Phi) is 4.40. The SMILES string of the molecule is CN1CCC(C#Cc2ccnc(-n3nc(C(N)=O)c4c3CCCC4)c2)C1=O. The number of pyridine rings is 1. The van der Waals surface area contributed by atoms with Gasteiger partial charge in [-0.05, 0) is 44.2 Å². The number of likely N-dealkylation sites (tertiary alicyclic amines) is 1. The number of amides is 2. The summed E-state index contributed by atoms with van der Waals surface area (Å²) in [5.41, 5.74) is 8.55. The number of aromatic nitrogens is 3. The van der Waals surface area contributed by atoms with Gasteiger partial charge in [-0.15, -0.1) is 0 Å². The monoisotopic (exact) mass is 363 g/mol. The van der Waals surface area contributed by atoms with E-state index in [0.717, 1.165) is 55.5 Å². The van der Waals surface area contributed by atoms with Crippen molar-refractivity contribution >= 4 is 11.8 Å². The molecule has 0 bridgehead atoms. The summed E-state index contributed by atoms with van der Waals surface area (Å²) < 4.78 is 1.72. The first kappa shape index (κ1) is 17.3. The first-order valence-electron chi connectivity index (χ1n) is 9.18. The average Bonchev–Trinajstić information content (AvgIpc) is 3.22. The molecule has 1 saturated heterocycles. The second kappa shape index (κ2) is 6.88. The Balaban J connectivity index is 1.68. The smallest absolute Gasteiger partial charge is 0.269 e. The molecule has 1 aliphatic carbocycles. The van der Waals surface area contributed by atoms with Gasteiger partial charge in [0.2, 0.25) is 5.91 Å². The molecule has 138 valence electrons. The molecule has 2 aromatic rings. The third-order valence-corrected chi connectivity index (χ3v) is 5.19. The van der Waals surface area contributed by atoms with Gasteiger partial charge in [0.25, 0.3) is 5.91 Å². The fourth-order valence-corrected chi connectivity index (χ4v) is 3.73. The van der Waals surface area contributed by atoms with E-state index in [1.807, 2.05) is 12.1 Å². The third-order valence-electron chi connectivity index (χ3n) is 5.19. The van der Waals surface area contributed by atoms with Crippen molar-refractivity contribution in [1.82, 2.24) is 19.7 Å². The van der Waals surface area contributed by atoms with Gasteiger partial charge in [-0.1, -0.05) is 11.8 Å². The first-order valence-corrected chi connectivity index (χ1v) is 9.18. The number of primary amides is 1. The molecule has 7 heteroatoms. The molecule has 0 saturated carbocycles. The van der Waals surface area contributed by atoms with Crippen molar-refractivity contribution in [3.05, 3.63) is 40.8 Å². The maximum Gasteiger partial charge on any atom is 0.269 e. The van der Waals surface area contributed by atoms with E-state index in [9.17, 15) is 9.59 Å². The van der Waals surface area contributed by atoms with Crippen molar-refractivity contribution in [3.63, 3.8) is 0 Å². The summed E-state index contributed by atoms with van der Waals surface area (Å²) in [5, 5.41) is 4.43. The van der Waals surface area contributed by atoms with Crippen LogP contribution in [0, 0.1) is 17.8 Å². The minimum atomic E-state index is -0.508. The molecule has 2 aromatic heterocycles. The van der Waals surface area contributed by atoms with Crippen LogP contribution in [0.25, 0.3) is 5.82 Å². The number of nitrogens with two attached hydrogens (primary N) is 1. The van der Waals surface area contributed by atoms with E-state index in [4.69, 9.17) is 5.73 Å². The fraction of sp³-hybridized carbons (Fsp3) is 0.400. The maximum absolute atomic E-state index is 12.0. The summed E-state index contributed by atoms with van der Waals surface area (Å²) in [4.78, 5) is 29.9. The van der Waals surface area contributed by atoms with Crippen LogP contribution in [0.3, 0.4) is 0 Å². The zero-order chi connectivity index (χ0) is 19.0. The van der Waals surface area contributed by atoms with Crippen LogP contribution in [-0.4, -0.2) is 45.1 Å². The van der Waals surface area contributed by atoms with Crippen molar-refractivity contribution in [2.75, 3.05) is 13.6 Å². The van der Waals surface area contributed by atoms with Gasteiger partial charge in [-0.3, -0.25) is 9.59 Å². The molecule has 4 rings (SSSR count). The Bertz CT molecular complexity index is 982. The molecule has 3 heterocycles. The summed E-state index contributed by atoms with van der Waals surface area (Å²) in [6, 6.07) is 3.65. The molecule has 2 amide bonds. The van der Waals surface area contributed by atoms with E-state index in [1.54, 1.807) is 22.8 Å². The van der Waals surface area contributed by atoms with Crippen molar-refractivity contribution < 1.29 is 9.59 Å². The van der Waals surface area contributed by atoms with Gasteiger partial charge >= 0.3 is 0 Å². The molecular weight excluding hydrogens is 342 g/mol. The summed E-state index contributed by atoms with van der Waals surface area (Å²) in [6.07, 6.45) is 6.16. The molecule has 1 unspecified atom stereocenters. The van der Waals surface area contributed by atoms with Crippen molar-refractivity contribution in [2.45, 2.75) is 32.1 Å². The van der Waals surface area contributed by atoms with Crippen molar-refractivity contribution in [2.24, 2.45) is 11.7 Å². The molecule has 2 aliphatic rings. The molecule has 7 nitrogen and oxygen atoms in total. The quantitative estimate of drug-likeness (QED) is 0.808. The molecule has 2 N–H and O–H groups in total. The van der Waals surface area contributed by atoms with Gasteiger partial charge in [-0.25, -0.2) is 9.67 Å². The van der Waals surface area contributed by atoms with E-state index in [0.29, 0.717) is 11.5 Å². The standard InChI is InChI=1S/C20H21N5O2/c1-24-11-9-14(20(24)27)7-6-13-8-10-22-17(12-13)25-16-5-3-2-4-15(16)18(23-25)19(21)26/h8,10,12,14H,2-5,9,11H2,1H3,(H2,21,26). The van der Waals surface area contributed by atoms with Crippen LogP contribution < -0.4 is 5.73 Å². The van der Waals surface area contributed by atoms with Crippen LogP contribution in [-0.2, 0) is 17.6 Å². The Labute approximate surface area is 157 Å². The molecule has 0 radical (unpaired) electrons. The molecule has 1 aliphatic heterocycles. The van der Waals surface area contributed by atoms with E-state index in [-0.39, 0.29) is 11.8 Å². The lowest BCUT2D eigenvalue weighted by atomic mass is 9.95. The second-order valence-corrected chi connectivity index (χ2v) is 7.03. The highest BCUT2D eigenvalue weighted by atomic mass is 16.2. The lowest BCUT2D eigenvalue weighted by Gasteiger charge is -2.13. The lowest BCUT2D eigenvalue weighted by molar-refractivity contribution is -0.128. The Hall–Kier alpha value is -3.14. The zero-order valence-corrected chi connectivity index (χ0v) is 15.2. The van der Waals surface area contributed by atoms with E-state index in [1.165, 1.54) is 0 Å². The first-order chi connectivity index (χ1) is 13.0. The lowest BCUT2D eigenvalue weighted by Crippen LogP contribution is -2.21. The van der Waals surface area contributed by atoms with Gasteiger partial charge in [-0.2, -0.15) is 5.10 Å². The molecule has 0 aromatic carbocycles. The number of carbonyl (C=O) groups excluding carboxylic acids is 2. The maximum atomic E-state index is 12.0. The normalized spacial score (nSPS) is 18.8. The van der Waals surface area contributed by atoms with Crippen LogP contribution in [0.2, 0.25) is 0 Å². The molecular formula is C20H21N5O2. The number of fused-ring (bicyclic) bond motifs is 1. The van der Waals surface area contributed by atoms with E-state index < -0.39 is 5.91 Å². The summed E-state index contributed by atoms with van der Waals surface area (Å²) in [5.74, 6) is 6.09. The Morgan fingerprint density at radius 2 is 2.15 bits per heavy atom. The molecule has 27 heavy (non-hydrogen) atoms. The van der Waals surface area contributed by atoms with Crippen LogP contribution in [0.1, 0.15) is 46.6 Å².